The number of ether oxygens (including phenoxy) is 1. The number of benzene rings is 1. The molecule has 3 heteroatoms. The maximum atomic E-state index is 11.7. The topological polar surface area (TPSA) is 30.7 Å². The fraction of sp³-hybridized carbons (Fsp3) is 0.250. The number of carbonyl (C=O) groups is 1. The third-order valence-corrected chi connectivity index (χ3v) is 4.36. The minimum atomic E-state index is 0.697. The molecule has 0 radical (unpaired) electrons. The summed E-state index contributed by atoms with van der Waals surface area (Å²) in [5.41, 5.74) is 6.10. The van der Waals surface area contributed by atoms with Crippen LogP contribution in [0.1, 0.15) is 35.5 Å². The summed E-state index contributed by atoms with van der Waals surface area (Å²) in [5.74, 6) is 0.890. The molecule has 0 bridgehead atoms. The van der Waals surface area contributed by atoms with Crippen molar-refractivity contribution in [3.05, 3.63) is 59.4 Å². The van der Waals surface area contributed by atoms with E-state index in [2.05, 4.69) is 38.1 Å². The molecule has 0 fully saturated rings. The van der Waals surface area contributed by atoms with E-state index < -0.39 is 0 Å². The standard InChI is InChI=1S/C20H21NO2/c1-4-14-6-8-17-11-18(19(13-22)21(17)12-14)16-7-9-20(23-3)15(5-2)10-16/h6-13H,4-5H2,1-3H3. The zero-order valence-electron chi connectivity index (χ0n) is 13.8. The molecule has 0 atom stereocenters. The van der Waals surface area contributed by atoms with Gasteiger partial charge in [0.05, 0.1) is 12.8 Å². The lowest BCUT2D eigenvalue weighted by Crippen LogP contribution is -1.95. The van der Waals surface area contributed by atoms with Crippen LogP contribution in [-0.2, 0) is 12.8 Å². The number of aryl methyl sites for hydroxylation is 2. The van der Waals surface area contributed by atoms with E-state index in [4.69, 9.17) is 4.74 Å². The Morgan fingerprint density at radius 2 is 1.91 bits per heavy atom. The van der Waals surface area contributed by atoms with Crippen LogP contribution >= 0.6 is 0 Å². The lowest BCUT2D eigenvalue weighted by atomic mass is 10.0. The third kappa shape index (κ3) is 2.63. The maximum Gasteiger partial charge on any atom is 0.167 e. The van der Waals surface area contributed by atoms with Gasteiger partial charge in [-0.05, 0) is 53.8 Å². The molecule has 23 heavy (non-hydrogen) atoms. The fourth-order valence-electron chi connectivity index (χ4n) is 3.02. The van der Waals surface area contributed by atoms with Crippen LogP contribution in [0.25, 0.3) is 16.6 Å². The molecule has 3 rings (SSSR count). The number of pyridine rings is 1. The molecule has 0 saturated heterocycles. The van der Waals surface area contributed by atoms with Crippen LogP contribution in [0.5, 0.6) is 5.75 Å². The quantitative estimate of drug-likeness (QED) is 0.647. The Labute approximate surface area is 136 Å². The first-order chi connectivity index (χ1) is 11.2. The van der Waals surface area contributed by atoms with Gasteiger partial charge >= 0.3 is 0 Å². The molecule has 0 aliphatic heterocycles. The molecule has 0 amide bonds. The molecule has 0 N–H and O–H groups in total. The third-order valence-electron chi connectivity index (χ3n) is 4.36. The SMILES string of the molecule is CCc1ccc2cc(-c3ccc(OC)c(CC)c3)c(C=O)n2c1. The smallest absolute Gasteiger partial charge is 0.167 e. The van der Waals surface area contributed by atoms with Crippen LogP contribution in [0, 0.1) is 0 Å². The summed E-state index contributed by atoms with van der Waals surface area (Å²) in [6, 6.07) is 12.4. The van der Waals surface area contributed by atoms with E-state index in [0.717, 1.165) is 47.1 Å². The molecule has 1 aromatic carbocycles. The summed E-state index contributed by atoms with van der Waals surface area (Å²) in [6.07, 6.45) is 4.83. The minimum Gasteiger partial charge on any atom is -0.496 e. The zero-order chi connectivity index (χ0) is 16.4. The van der Waals surface area contributed by atoms with Crippen molar-refractivity contribution in [1.82, 2.24) is 4.40 Å². The first-order valence-electron chi connectivity index (χ1n) is 7.98. The lowest BCUT2D eigenvalue weighted by Gasteiger charge is -2.09. The van der Waals surface area contributed by atoms with E-state index in [1.807, 2.05) is 22.7 Å². The largest absolute Gasteiger partial charge is 0.496 e. The predicted octanol–water partition coefficient (Wildman–Crippen LogP) is 4.55. The van der Waals surface area contributed by atoms with E-state index in [-0.39, 0.29) is 0 Å². The predicted molar refractivity (Wildman–Crippen MR) is 93.5 cm³/mol. The van der Waals surface area contributed by atoms with Crippen LogP contribution in [0.15, 0.2) is 42.6 Å². The molecule has 3 aromatic rings. The average molecular weight is 307 g/mol. The van der Waals surface area contributed by atoms with Gasteiger partial charge in [-0.15, -0.1) is 0 Å². The van der Waals surface area contributed by atoms with Gasteiger partial charge in [0.2, 0.25) is 0 Å². The van der Waals surface area contributed by atoms with Crippen LogP contribution < -0.4 is 4.74 Å². The number of methoxy groups -OCH3 is 1. The van der Waals surface area contributed by atoms with Gasteiger partial charge in [0, 0.05) is 17.3 Å². The second-order valence-electron chi connectivity index (χ2n) is 5.63. The van der Waals surface area contributed by atoms with Crippen molar-refractivity contribution in [3.8, 4) is 16.9 Å². The lowest BCUT2D eigenvalue weighted by molar-refractivity contribution is 0.111. The molecule has 0 aliphatic carbocycles. The maximum absolute atomic E-state index is 11.7. The summed E-state index contributed by atoms with van der Waals surface area (Å²) >= 11 is 0. The van der Waals surface area contributed by atoms with E-state index in [1.54, 1.807) is 7.11 Å². The summed E-state index contributed by atoms with van der Waals surface area (Å²) in [4.78, 5) is 11.7. The highest BCUT2D eigenvalue weighted by atomic mass is 16.5. The Bertz CT molecular complexity index is 861. The highest BCUT2D eigenvalue weighted by Gasteiger charge is 2.13. The van der Waals surface area contributed by atoms with E-state index in [1.165, 1.54) is 5.56 Å². The highest BCUT2D eigenvalue weighted by Crippen LogP contribution is 2.31. The number of nitrogens with zero attached hydrogens (tertiary/aromatic N) is 1. The van der Waals surface area contributed by atoms with Gasteiger partial charge in [-0.3, -0.25) is 4.79 Å². The second-order valence-corrected chi connectivity index (χ2v) is 5.63. The number of carbonyl (C=O) groups excluding carboxylic acids is 1. The van der Waals surface area contributed by atoms with E-state index in [0.29, 0.717) is 5.69 Å². The number of hydrogen-bond acceptors (Lipinski definition) is 2. The molecule has 2 heterocycles. The van der Waals surface area contributed by atoms with Crippen molar-refractivity contribution in [2.45, 2.75) is 26.7 Å². The van der Waals surface area contributed by atoms with Gasteiger partial charge in [-0.1, -0.05) is 26.0 Å². The van der Waals surface area contributed by atoms with Gasteiger partial charge in [0.15, 0.2) is 6.29 Å². The number of rotatable bonds is 5. The molecule has 2 aromatic heterocycles. The van der Waals surface area contributed by atoms with Gasteiger partial charge in [-0.25, -0.2) is 0 Å². The Morgan fingerprint density at radius 1 is 1.09 bits per heavy atom. The highest BCUT2D eigenvalue weighted by molar-refractivity contribution is 5.90. The van der Waals surface area contributed by atoms with Gasteiger partial charge in [0.25, 0.3) is 0 Å². The molecule has 3 nitrogen and oxygen atoms in total. The van der Waals surface area contributed by atoms with Crippen molar-refractivity contribution in [1.29, 1.82) is 0 Å². The van der Waals surface area contributed by atoms with Crippen LogP contribution in [0.2, 0.25) is 0 Å². The van der Waals surface area contributed by atoms with Gasteiger partial charge in [0.1, 0.15) is 5.75 Å². The number of fused-ring (bicyclic) bond motifs is 1. The molecule has 118 valence electrons. The van der Waals surface area contributed by atoms with Gasteiger partial charge in [-0.2, -0.15) is 0 Å². The Hall–Kier alpha value is -2.55. The number of hydrogen-bond donors (Lipinski definition) is 0. The van der Waals surface area contributed by atoms with Crippen LogP contribution in [0.3, 0.4) is 0 Å². The molecular formula is C20H21NO2. The molecule has 0 spiro atoms. The number of aldehydes is 1. The second kappa shape index (κ2) is 6.29. The average Bonchev–Trinajstić information content (AvgIpc) is 2.98. The Morgan fingerprint density at radius 3 is 2.57 bits per heavy atom. The zero-order valence-corrected chi connectivity index (χ0v) is 13.8. The number of aromatic nitrogens is 1. The van der Waals surface area contributed by atoms with Gasteiger partial charge < -0.3 is 9.14 Å². The van der Waals surface area contributed by atoms with Crippen LogP contribution in [0.4, 0.5) is 0 Å². The summed E-state index contributed by atoms with van der Waals surface area (Å²) in [6.45, 7) is 4.22. The molecule has 0 aliphatic rings. The van der Waals surface area contributed by atoms with Crippen molar-refractivity contribution >= 4 is 11.8 Å². The molecule has 0 saturated carbocycles. The monoisotopic (exact) mass is 307 g/mol. The first-order valence-corrected chi connectivity index (χ1v) is 7.98. The van der Waals surface area contributed by atoms with E-state index >= 15 is 0 Å². The van der Waals surface area contributed by atoms with Crippen molar-refractivity contribution in [3.63, 3.8) is 0 Å². The molecular weight excluding hydrogens is 286 g/mol. The Balaban J connectivity index is 2.21. The summed E-state index contributed by atoms with van der Waals surface area (Å²) < 4.78 is 7.38. The molecule has 0 unspecified atom stereocenters. The first kappa shape index (κ1) is 15.3. The Kier molecular flexibility index (Phi) is 4.20. The van der Waals surface area contributed by atoms with Crippen LogP contribution in [-0.4, -0.2) is 17.8 Å². The van der Waals surface area contributed by atoms with Crippen molar-refractivity contribution in [2.24, 2.45) is 0 Å². The normalized spacial score (nSPS) is 10.9. The summed E-state index contributed by atoms with van der Waals surface area (Å²) in [5, 5.41) is 0. The van der Waals surface area contributed by atoms with Crippen molar-refractivity contribution < 1.29 is 9.53 Å². The summed E-state index contributed by atoms with van der Waals surface area (Å²) in [7, 11) is 1.68. The minimum absolute atomic E-state index is 0.697. The van der Waals surface area contributed by atoms with E-state index in [9.17, 15) is 4.79 Å². The van der Waals surface area contributed by atoms with Crippen molar-refractivity contribution in [2.75, 3.05) is 7.11 Å². The fourth-order valence-corrected chi connectivity index (χ4v) is 3.02.